The highest BCUT2D eigenvalue weighted by molar-refractivity contribution is 5.39. The number of hydrogen-bond acceptors (Lipinski definition) is 3. The number of anilines is 1. The van der Waals surface area contributed by atoms with Crippen molar-refractivity contribution in [2.75, 3.05) is 5.32 Å². The molecule has 1 aromatic heterocycles. The Morgan fingerprint density at radius 2 is 1.89 bits per heavy atom. The van der Waals surface area contributed by atoms with Crippen LogP contribution in [0.3, 0.4) is 0 Å². The van der Waals surface area contributed by atoms with Crippen molar-refractivity contribution in [2.45, 2.75) is 64.5 Å². The van der Waals surface area contributed by atoms with Crippen LogP contribution in [0.5, 0.6) is 5.88 Å². The Balaban J connectivity index is 1.98. The van der Waals surface area contributed by atoms with Gasteiger partial charge in [0.05, 0.1) is 0 Å². The Labute approximate surface area is 110 Å². The number of ether oxygens (including phenoxy) is 1. The van der Waals surface area contributed by atoms with Gasteiger partial charge in [-0.25, -0.2) is 0 Å². The molecule has 2 rings (SSSR count). The molecular weight excluding hydrogens is 224 g/mol. The van der Waals surface area contributed by atoms with Gasteiger partial charge in [-0.15, -0.1) is 0 Å². The maximum absolute atomic E-state index is 5.96. The summed E-state index contributed by atoms with van der Waals surface area (Å²) >= 11 is 0. The summed E-state index contributed by atoms with van der Waals surface area (Å²) in [5, 5.41) is 3.37. The summed E-state index contributed by atoms with van der Waals surface area (Å²) in [6.45, 7) is 6.38. The lowest BCUT2D eigenvalue weighted by molar-refractivity contribution is 0.149. The van der Waals surface area contributed by atoms with Crippen molar-refractivity contribution >= 4 is 5.82 Å². The Morgan fingerprint density at radius 3 is 2.56 bits per heavy atom. The molecule has 1 saturated carbocycles. The molecule has 1 N–H and O–H groups in total. The topological polar surface area (TPSA) is 34.1 Å². The minimum atomic E-state index is 0.0243. The zero-order chi connectivity index (χ0) is 13.0. The van der Waals surface area contributed by atoms with Gasteiger partial charge < -0.3 is 10.1 Å². The molecule has 0 spiro atoms. The van der Waals surface area contributed by atoms with Gasteiger partial charge in [0.2, 0.25) is 5.88 Å². The summed E-state index contributed by atoms with van der Waals surface area (Å²) in [6, 6.07) is 5.93. The molecule has 1 aromatic rings. The fraction of sp³-hybridized carbons (Fsp3) is 0.667. The van der Waals surface area contributed by atoms with Crippen LogP contribution in [0.2, 0.25) is 0 Å². The first kappa shape index (κ1) is 13.2. The van der Waals surface area contributed by atoms with Crippen LogP contribution in [-0.4, -0.2) is 16.6 Å². The first-order chi connectivity index (χ1) is 8.53. The number of nitrogens with one attached hydrogen (secondary N) is 1. The van der Waals surface area contributed by atoms with Gasteiger partial charge in [0.25, 0.3) is 0 Å². The number of nitrogens with zero attached hydrogens (tertiary/aromatic N) is 1. The first-order valence-corrected chi connectivity index (χ1v) is 6.95. The van der Waals surface area contributed by atoms with Gasteiger partial charge in [-0.3, -0.25) is 0 Å². The number of rotatable bonds is 3. The molecule has 0 saturated heterocycles. The smallest absolute Gasteiger partial charge is 0.215 e. The molecule has 0 amide bonds. The second-order valence-corrected chi connectivity index (χ2v) is 6.11. The lowest BCUT2D eigenvalue weighted by atomic mass is 9.98. The Kier molecular flexibility index (Phi) is 4.10. The predicted molar refractivity (Wildman–Crippen MR) is 75.1 cm³/mol. The Morgan fingerprint density at radius 1 is 1.17 bits per heavy atom. The summed E-state index contributed by atoms with van der Waals surface area (Å²) in [5.41, 5.74) is 0.0243. The summed E-state index contributed by atoms with van der Waals surface area (Å²) in [5.74, 6) is 1.63. The van der Waals surface area contributed by atoms with Crippen molar-refractivity contribution in [1.29, 1.82) is 0 Å². The summed E-state index contributed by atoms with van der Waals surface area (Å²) < 4.78 is 5.96. The van der Waals surface area contributed by atoms with E-state index < -0.39 is 0 Å². The van der Waals surface area contributed by atoms with Gasteiger partial charge in [0, 0.05) is 11.6 Å². The summed E-state index contributed by atoms with van der Waals surface area (Å²) in [6.07, 6.45) is 6.60. The molecule has 0 bridgehead atoms. The fourth-order valence-electron chi connectivity index (χ4n) is 2.29. The normalized spacial score (nSPS) is 17.5. The highest BCUT2D eigenvalue weighted by atomic mass is 16.5. The second-order valence-electron chi connectivity index (χ2n) is 6.11. The van der Waals surface area contributed by atoms with E-state index in [1.54, 1.807) is 0 Å². The largest absolute Gasteiger partial charge is 0.474 e. The third-order valence-electron chi connectivity index (χ3n) is 3.07. The molecule has 0 atom stereocenters. The molecule has 0 aliphatic heterocycles. The van der Waals surface area contributed by atoms with E-state index in [9.17, 15) is 0 Å². The van der Waals surface area contributed by atoms with Crippen LogP contribution in [-0.2, 0) is 0 Å². The molecular formula is C15H24N2O. The van der Waals surface area contributed by atoms with Gasteiger partial charge in [-0.05, 0) is 52.5 Å². The zero-order valence-corrected chi connectivity index (χ0v) is 11.7. The molecule has 18 heavy (non-hydrogen) atoms. The monoisotopic (exact) mass is 248 g/mol. The average Bonchev–Trinajstić information content (AvgIpc) is 2.28. The standard InChI is InChI=1S/C15H24N2O/c1-15(2,3)17-13-10-7-11-14(16-13)18-12-8-5-4-6-9-12/h7,10-12H,4-6,8-9H2,1-3H3,(H,16,17). The second kappa shape index (κ2) is 5.59. The van der Waals surface area contributed by atoms with E-state index in [0.29, 0.717) is 6.10 Å². The van der Waals surface area contributed by atoms with Gasteiger partial charge >= 0.3 is 0 Å². The molecule has 0 unspecified atom stereocenters. The van der Waals surface area contributed by atoms with Crippen molar-refractivity contribution in [1.82, 2.24) is 4.98 Å². The molecule has 1 aliphatic carbocycles. The van der Waals surface area contributed by atoms with Crippen LogP contribution >= 0.6 is 0 Å². The third kappa shape index (κ3) is 4.21. The van der Waals surface area contributed by atoms with E-state index in [2.05, 4.69) is 31.1 Å². The number of hydrogen-bond donors (Lipinski definition) is 1. The van der Waals surface area contributed by atoms with Gasteiger partial charge in [0.1, 0.15) is 11.9 Å². The lowest BCUT2D eigenvalue weighted by Gasteiger charge is -2.24. The third-order valence-corrected chi connectivity index (χ3v) is 3.07. The van der Waals surface area contributed by atoms with Crippen molar-refractivity contribution in [3.05, 3.63) is 18.2 Å². The van der Waals surface area contributed by atoms with Crippen molar-refractivity contribution in [2.24, 2.45) is 0 Å². The molecule has 1 heterocycles. The quantitative estimate of drug-likeness (QED) is 0.877. The maximum atomic E-state index is 5.96. The van der Waals surface area contributed by atoms with Crippen molar-refractivity contribution < 1.29 is 4.74 Å². The van der Waals surface area contributed by atoms with Crippen LogP contribution < -0.4 is 10.1 Å². The van der Waals surface area contributed by atoms with E-state index in [0.717, 1.165) is 11.7 Å². The Hall–Kier alpha value is -1.25. The summed E-state index contributed by atoms with van der Waals surface area (Å²) in [7, 11) is 0. The molecule has 1 fully saturated rings. The lowest BCUT2D eigenvalue weighted by Crippen LogP contribution is -2.27. The zero-order valence-electron chi connectivity index (χ0n) is 11.7. The number of aromatic nitrogens is 1. The molecule has 3 nitrogen and oxygen atoms in total. The SMILES string of the molecule is CC(C)(C)Nc1cccc(OC2CCCCC2)n1. The van der Waals surface area contributed by atoms with Gasteiger partial charge in [0.15, 0.2) is 0 Å². The minimum absolute atomic E-state index is 0.0243. The highest BCUT2D eigenvalue weighted by Gasteiger charge is 2.16. The predicted octanol–water partition coefficient (Wildman–Crippen LogP) is 4.00. The molecule has 3 heteroatoms. The van der Waals surface area contributed by atoms with Crippen molar-refractivity contribution in [3.8, 4) is 5.88 Å². The van der Waals surface area contributed by atoms with E-state index in [1.807, 2.05) is 18.2 Å². The Bertz CT molecular complexity index is 378. The number of pyridine rings is 1. The van der Waals surface area contributed by atoms with E-state index in [4.69, 9.17) is 4.74 Å². The summed E-state index contributed by atoms with van der Waals surface area (Å²) in [4.78, 5) is 4.52. The van der Waals surface area contributed by atoms with Gasteiger partial charge in [-0.2, -0.15) is 4.98 Å². The maximum Gasteiger partial charge on any atom is 0.215 e. The molecule has 1 aliphatic rings. The minimum Gasteiger partial charge on any atom is -0.474 e. The van der Waals surface area contributed by atoms with E-state index in [-0.39, 0.29) is 5.54 Å². The van der Waals surface area contributed by atoms with Crippen LogP contribution in [0, 0.1) is 0 Å². The van der Waals surface area contributed by atoms with E-state index in [1.165, 1.54) is 32.1 Å². The molecule has 0 radical (unpaired) electrons. The molecule has 100 valence electrons. The molecule has 0 aromatic carbocycles. The van der Waals surface area contributed by atoms with Gasteiger partial charge in [-0.1, -0.05) is 12.5 Å². The van der Waals surface area contributed by atoms with Crippen LogP contribution in [0.15, 0.2) is 18.2 Å². The average molecular weight is 248 g/mol. The van der Waals surface area contributed by atoms with Crippen LogP contribution in [0.4, 0.5) is 5.82 Å². The van der Waals surface area contributed by atoms with Crippen LogP contribution in [0.25, 0.3) is 0 Å². The first-order valence-electron chi connectivity index (χ1n) is 6.95. The van der Waals surface area contributed by atoms with E-state index >= 15 is 0 Å². The van der Waals surface area contributed by atoms with Crippen molar-refractivity contribution in [3.63, 3.8) is 0 Å². The fourth-order valence-corrected chi connectivity index (χ4v) is 2.29. The van der Waals surface area contributed by atoms with Crippen LogP contribution in [0.1, 0.15) is 52.9 Å². The highest BCUT2D eigenvalue weighted by Crippen LogP contribution is 2.23.